The van der Waals surface area contributed by atoms with Crippen molar-refractivity contribution in [3.8, 4) is 0 Å². The number of sulfone groups is 1. The average molecular weight is 311 g/mol. The molecule has 21 heavy (non-hydrogen) atoms. The van der Waals surface area contributed by atoms with Crippen LogP contribution in [0.5, 0.6) is 0 Å². The van der Waals surface area contributed by atoms with E-state index in [1.165, 1.54) is 12.1 Å². The van der Waals surface area contributed by atoms with Gasteiger partial charge in [-0.1, -0.05) is 12.1 Å². The summed E-state index contributed by atoms with van der Waals surface area (Å²) in [5.41, 5.74) is 1.14. The van der Waals surface area contributed by atoms with Gasteiger partial charge in [-0.2, -0.15) is 0 Å². The molecule has 0 aromatic heterocycles. The second-order valence-electron chi connectivity index (χ2n) is 5.14. The van der Waals surface area contributed by atoms with Gasteiger partial charge in [-0.05, 0) is 30.5 Å². The summed E-state index contributed by atoms with van der Waals surface area (Å²) in [6.45, 7) is 0.405. The fourth-order valence-electron chi connectivity index (χ4n) is 2.29. The first kappa shape index (κ1) is 15.5. The first-order valence-corrected chi connectivity index (χ1v) is 8.50. The number of carboxylic acids is 1. The lowest BCUT2D eigenvalue weighted by Crippen LogP contribution is -2.32. The lowest BCUT2D eigenvalue weighted by atomic mass is 10.1. The molecule has 114 valence electrons. The molecule has 2 rings (SSSR count). The second kappa shape index (κ2) is 6.26. The molecule has 1 saturated heterocycles. The first-order valence-electron chi connectivity index (χ1n) is 6.68. The van der Waals surface area contributed by atoms with Gasteiger partial charge in [0.2, 0.25) is 5.91 Å². The molecule has 0 saturated carbocycles. The van der Waals surface area contributed by atoms with Crippen LogP contribution in [0.15, 0.2) is 24.3 Å². The highest BCUT2D eigenvalue weighted by Crippen LogP contribution is 2.18. The molecule has 1 aliphatic rings. The fourth-order valence-corrected chi connectivity index (χ4v) is 4.03. The van der Waals surface area contributed by atoms with Gasteiger partial charge in [0, 0.05) is 6.54 Å². The van der Waals surface area contributed by atoms with E-state index in [0.29, 0.717) is 19.4 Å². The Bertz CT molecular complexity index is 636. The van der Waals surface area contributed by atoms with Crippen LogP contribution < -0.4 is 5.32 Å². The van der Waals surface area contributed by atoms with Crippen LogP contribution in [0.3, 0.4) is 0 Å². The molecule has 0 radical (unpaired) electrons. The molecule has 1 heterocycles. The molecular weight excluding hydrogens is 294 g/mol. The Hall–Kier alpha value is -1.89. The van der Waals surface area contributed by atoms with Gasteiger partial charge in [0.15, 0.2) is 9.84 Å². The van der Waals surface area contributed by atoms with Gasteiger partial charge < -0.3 is 10.4 Å². The van der Waals surface area contributed by atoms with Crippen LogP contribution in [0.25, 0.3) is 0 Å². The first-order chi connectivity index (χ1) is 9.87. The smallest absolute Gasteiger partial charge is 0.335 e. The third-order valence-corrected chi connectivity index (χ3v) is 5.28. The van der Waals surface area contributed by atoms with Gasteiger partial charge >= 0.3 is 5.97 Å². The average Bonchev–Trinajstić information content (AvgIpc) is 2.79. The minimum atomic E-state index is -3.05. The molecule has 6 nitrogen and oxygen atoms in total. The highest BCUT2D eigenvalue weighted by molar-refractivity contribution is 7.91. The maximum absolute atomic E-state index is 11.8. The number of carbonyl (C=O) groups excluding carboxylic acids is 1. The maximum Gasteiger partial charge on any atom is 0.335 e. The Balaban J connectivity index is 1.79. The predicted molar refractivity (Wildman–Crippen MR) is 76.9 cm³/mol. The zero-order valence-electron chi connectivity index (χ0n) is 11.4. The lowest BCUT2D eigenvalue weighted by Gasteiger charge is -2.09. The summed E-state index contributed by atoms with van der Waals surface area (Å²) in [6, 6.07) is 6.44. The maximum atomic E-state index is 11.8. The SMILES string of the molecule is O=C(O)c1ccc(CCNC(=O)[C@H]2CCS(=O)(=O)C2)cc1. The van der Waals surface area contributed by atoms with Gasteiger partial charge in [-0.3, -0.25) is 4.79 Å². The highest BCUT2D eigenvalue weighted by atomic mass is 32.2. The van der Waals surface area contributed by atoms with Crippen molar-refractivity contribution in [1.82, 2.24) is 5.32 Å². The summed E-state index contributed by atoms with van der Waals surface area (Å²) < 4.78 is 22.6. The number of hydrogen-bond acceptors (Lipinski definition) is 4. The molecule has 0 bridgehead atoms. The van der Waals surface area contributed by atoms with Crippen LogP contribution >= 0.6 is 0 Å². The fraction of sp³-hybridized carbons (Fsp3) is 0.429. The van der Waals surface area contributed by atoms with Crippen LogP contribution in [0.4, 0.5) is 0 Å². The van der Waals surface area contributed by atoms with E-state index in [1.807, 2.05) is 0 Å². The lowest BCUT2D eigenvalue weighted by molar-refractivity contribution is -0.124. The summed E-state index contributed by atoms with van der Waals surface area (Å²) in [5.74, 6) is -1.62. The van der Waals surface area contributed by atoms with E-state index in [2.05, 4.69) is 5.32 Å². The van der Waals surface area contributed by atoms with Gasteiger partial charge in [0.25, 0.3) is 0 Å². The topological polar surface area (TPSA) is 101 Å². The summed E-state index contributed by atoms with van der Waals surface area (Å²) >= 11 is 0. The Morgan fingerprint density at radius 2 is 1.90 bits per heavy atom. The number of hydrogen-bond donors (Lipinski definition) is 2. The number of carbonyl (C=O) groups is 2. The summed E-state index contributed by atoms with van der Waals surface area (Å²) in [4.78, 5) is 22.5. The van der Waals surface area contributed by atoms with Crippen molar-refractivity contribution in [3.05, 3.63) is 35.4 Å². The molecule has 1 aromatic carbocycles. The third-order valence-electron chi connectivity index (χ3n) is 3.52. The molecule has 1 fully saturated rings. The van der Waals surface area contributed by atoms with Crippen molar-refractivity contribution in [3.63, 3.8) is 0 Å². The Kier molecular flexibility index (Phi) is 4.62. The summed E-state index contributed by atoms with van der Waals surface area (Å²) in [6.07, 6.45) is 0.965. The molecule has 0 unspecified atom stereocenters. The van der Waals surface area contributed by atoms with Crippen LogP contribution in [0.2, 0.25) is 0 Å². The Morgan fingerprint density at radius 1 is 1.24 bits per heavy atom. The van der Waals surface area contributed by atoms with E-state index in [9.17, 15) is 18.0 Å². The van der Waals surface area contributed by atoms with E-state index < -0.39 is 21.7 Å². The van der Waals surface area contributed by atoms with Gasteiger partial charge in [0.05, 0.1) is 23.0 Å². The van der Waals surface area contributed by atoms with E-state index >= 15 is 0 Å². The molecule has 0 aliphatic carbocycles. The monoisotopic (exact) mass is 311 g/mol. The minimum Gasteiger partial charge on any atom is -0.478 e. The van der Waals surface area contributed by atoms with Crippen LogP contribution in [-0.4, -0.2) is 43.5 Å². The zero-order chi connectivity index (χ0) is 15.5. The van der Waals surface area contributed by atoms with Gasteiger partial charge in [0.1, 0.15) is 0 Å². The largest absolute Gasteiger partial charge is 0.478 e. The van der Waals surface area contributed by atoms with Crippen molar-refractivity contribution < 1.29 is 23.1 Å². The third kappa shape index (κ3) is 4.29. The molecular formula is C14H17NO5S. The van der Waals surface area contributed by atoms with Crippen molar-refractivity contribution in [1.29, 1.82) is 0 Å². The van der Waals surface area contributed by atoms with Crippen molar-refractivity contribution in [2.75, 3.05) is 18.1 Å². The van der Waals surface area contributed by atoms with Crippen LogP contribution in [0, 0.1) is 5.92 Å². The molecule has 1 amide bonds. The normalized spacial score (nSPS) is 20.1. The van der Waals surface area contributed by atoms with E-state index in [0.717, 1.165) is 5.56 Å². The van der Waals surface area contributed by atoms with Crippen LogP contribution in [0.1, 0.15) is 22.3 Å². The number of nitrogens with one attached hydrogen (secondary N) is 1. The summed E-state index contributed by atoms with van der Waals surface area (Å²) in [7, 11) is -3.05. The van der Waals surface area contributed by atoms with Crippen LogP contribution in [-0.2, 0) is 21.1 Å². The number of carboxylic acid groups (broad SMARTS) is 1. The quantitative estimate of drug-likeness (QED) is 0.823. The molecule has 1 aliphatic heterocycles. The van der Waals surface area contributed by atoms with Crippen molar-refractivity contribution in [2.24, 2.45) is 5.92 Å². The van der Waals surface area contributed by atoms with E-state index in [1.54, 1.807) is 12.1 Å². The zero-order valence-corrected chi connectivity index (χ0v) is 12.2. The molecule has 1 atom stereocenters. The highest BCUT2D eigenvalue weighted by Gasteiger charge is 2.32. The summed E-state index contributed by atoms with van der Waals surface area (Å²) in [5, 5.41) is 11.5. The van der Waals surface area contributed by atoms with Crippen molar-refractivity contribution in [2.45, 2.75) is 12.8 Å². The van der Waals surface area contributed by atoms with E-state index in [-0.39, 0.29) is 23.0 Å². The van der Waals surface area contributed by atoms with Gasteiger partial charge in [-0.15, -0.1) is 0 Å². The van der Waals surface area contributed by atoms with Gasteiger partial charge in [-0.25, -0.2) is 13.2 Å². The predicted octanol–water partition coefficient (Wildman–Crippen LogP) is 0.478. The molecule has 7 heteroatoms. The number of amides is 1. The number of rotatable bonds is 5. The number of benzene rings is 1. The minimum absolute atomic E-state index is 0.0634. The molecule has 1 aromatic rings. The van der Waals surface area contributed by atoms with Crippen molar-refractivity contribution >= 4 is 21.7 Å². The molecule has 2 N–H and O–H groups in total. The Morgan fingerprint density at radius 3 is 2.43 bits per heavy atom. The van der Waals surface area contributed by atoms with E-state index in [4.69, 9.17) is 5.11 Å². The number of aromatic carboxylic acids is 1. The molecule has 0 spiro atoms. The standard InChI is InChI=1S/C14H17NO5S/c16-13(12-6-8-21(19,20)9-12)15-7-5-10-1-3-11(4-2-10)14(17)18/h1-4,12H,5-9H2,(H,15,16)(H,17,18)/t12-/m0/s1. The Labute approximate surface area is 123 Å². The second-order valence-corrected chi connectivity index (χ2v) is 7.37.